The van der Waals surface area contributed by atoms with Crippen molar-refractivity contribution in [2.45, 2.75) is 0 Å². The minimum atomic E-state index is -0.974. The van der Waals surface area contributed by atoms with Gasteiger partial charge in [-0.1, -0.05) is 0 Å². The van der Waals surface area contributed by atoms with Gasteiger partial charge in [0.25, 0.3) is 6.69 Å². The number of ether oxygens (including phenoxy) is 1. The average Bonchev–Trinajstić information content (AvgIpc) is 2.16. The van der Waals surface area contributed by atoms with Crippen LogP contribution in [-0.4, -0.2) is 24.9 Å². The summed E-state index contributed by atoms with van der Waals surface area (Å²) in [5, 5.41) is 8.76. The Bertz CT molecular complexity index is 327. The fraction of sp³-hybridized carbons (Fsp3) is 0.125. The smallest absolute Gasteiger partial charge is 0.335 e. The van der Waals surface area contributed by atoms with E-state index in [0.29, 0.717) is 11.2 Å². The number of methoxy groups -OCH3 is 1. The first-order chi connectivity index (χ1) is 6.19. The number of carbonyl (C=O) groups is 1. The van der Waals surface area contributed by atoms with Crippen LogP contribution in [-0.2, 0) is 0 Å². The van der Waals surface area contributed by atoms with E-state index in [1.54, 1.807) is 12.1 Å². The molecule has 0 fully saturated rings. The van der Waals surface area contributed by atoms with Crippen LogP contribution in [0.2, 0.25) is 0 Å². The van der Waals surface area contributed by atoms with E-state index >= 15 is 0 Å². The number of hydrogen-bond donors (Lipinski definition) is 1. The van der Waals surface area contributed by atoms with Crippen LogP contribution in [0.15, 0.2) is 18.2 Å². The normalized spacial score (nSPS) is 9.38. The van der Waals surface area contributed by atoms with Gasteiger partial charge in [0.1, 0.15) is 5.75 Å². The summed E-state index contributed by atoms with van der Waals surface area (Å²) < 4.78 is 4.94. The Kier molecular flexibility index (Phi) is 3.20. The molecule has 0 aliphatic rings. The molecule has 0 bridgehead atoms. The Balaban J connectivity index is 3.15. The van der Waals surface area contributed by atoms with Gasteiger partial charge in [0, 0.05) is 0 Å². The lowest BCUT2D eigenvalue weighted by atomic mass is 9.89. The molecule has 0 heterocycles. The van der Waals surface area contributed by atoms with Crippen LogP contribution >= 0.6 is 11.5 Å². The van der Waals surface area contributed by atoms with Crippen molar-refractivity contribution < 1.29 is 14.6 Å². The lowest BCUT2D eigenvalue weighted by molar-refractivity contribution is 0.0698. The molecule has 5 heteroatoms. The number of benzene rings is 1. The largest absolute Gasteiger partial charge is 0.497 e. The molecule has 0 aliphatic carbocycles. The highest BCUT2D eigenvalue weighted by molar-refractivity contribution is 7.01. The molecule has 3 nitrogen and oxygen atoms in total. The van der Waals surface area contributed by atoms with Gasteiger partial charge in [-0.3, -0.25) is 0 Å². The molecule has 1 N–H and O–H groups in total. The highest BCUT2D eigenvalue weighted by Crippen LogP contribution is 2.09. The SMILES string of the molecule is COc1ccc(C(=O)O)c(BCl)c1. The van der Waals surface area contributed by atoms with Gasteiger partial charge in [-0.25, -0.2) is 4.79 Å². The summed E-state index contributed by atoms with van der Waals surface area (Å²) in [7, 11) is 1.52. The van der Waals surface area contributed by atoms with Gasteiger partial charge in [0.2, 0.25) is 0 Å². The molecule has 0 atom stereocenters. The maximum atomic E-state index is 10.7. The van der Waals surface area contributed by atoms with Gasteiger partial charge in [-0.15, -0.1) is 0 Å². The van der Waals surface area contributed by atoms with Crippen molar-refractivity contribution in [1.29, 1.82) is 0 Å². The van der Waals surface area contributed by atoms with Crippen LogP contribution in [0.5, 0.6) is 5.75 Å². The predicted molar refractivity (Wildman–Crippen MR) is 52.6 cm³/mol. The number of carboxylic acids is 1. The molecule has 1 aromatic carbocycles. The second kappa shape index (κ2) is 4.19. The Morgan fingerprint density at radius 3 is 2.77 bits per heavy atom. The summed E-state index contributed by atoms with van der Waals surface area (Å²) in [6, 6.07) is 4.70. The van der Waals surface area contributed by atoms with Crippen LogP contribution in [0.1, 0.15) is 10.4 Å². The van der Waals surface area contributed by atoms with Crippen molar-refractivity contribution in [3.63, 3.8) is 0 Å². The van der Waals surface area contributed by atoms with Crippen molar-refractivity contribution in [2.75, 3.05) is 7.11 Å². The highest BCUT2D eigenvalue weighted by atomic mass is 35.5. The van der Waals surface area contributed by atoms with E-state index < -0.39 is 5.97 Å². The molecule has 0 unspecified atom stereocenters. The van der Waals surface area contributed by atoms with E-state index in [9.17, 15) is 4.79 Å². The first-order valence-corrected chi connectivity index (χ1v) is 4.18. The molecule has 1 rings (SSSR count). The van der Waals surface area contributed by atoms with Crippen LogP contribution in [0.4, 0.5) is 0 Å². The van der Waals surface area contributed by atoms with Crippen LogP contribution in [0, 0.1) is 0 Å². The standard InChI is InChI=1S/C8H8BClO3/c1-13-5-2-3-6(8(11)12)7(4-5)9-10/h2-4,9H,1H3,(H,11,12). The molecule has 68 valence electrons. The predicted octanol–water partition coefficient (Wildman–Crippen LogP) is 0.609. The van der Waals surface area contributed by atoms with Crippen molar-refractivity contribution in [2.24, 2.45) is 0 Å². The molecule has 0 saturated heterocycles. The Morgan fingerprint density at radius 1 is 1.62 bits per heavy atom. The molecule has 13 heavy (non-hydrogen) atoms. The van der Waals surface area contributed by atoms with Gasteiger partial charge in [0.15, 0.2) is 0 Å². The number of aromatic carboxylic acids is 1. The van der Waals surface area contributed by atoms with E-state index in [0.717, 1.165) is 0 Å². The molecule has 0 radical (unpaired) electrons. The molecule has 0 amide bonds. The first kappa shape index (κ1) is 9.93. The van der Waals surface area contributed by atoms with Gasteiger partial charge >= 0.3 is 5.97 Å². The fourth-order valence-electron chi connectivity index (χ4n) is 1.02. The van der Waals surface area contributed by atoms with Gasteiger partial charge in [0.05, 0.1) is 12.7 Å². The van der Waals surface area contributed by atoms with E-state index in [-0.39, 0.29) is 12.3 Å². The third-order valence-electron chi connectivity index (χ3n) is 1.69. The third-order valence-corrected chi connectivity index (χ3v) is 1.97. The molecule has 0 aromatic heterocycles. The zero-order valence-corrected chi connectivity index (χ0v) is 7.84. The average molecular weight is 198 g/mol. The number of halogens is 1. The molecule has 1 aromatic rings. The van der Waals surface area contributed by atoms with E-state index in [4.69, 9.17) is 21.3 Å². The van der Waals surface area contributed by atoms with Crippen LogP contribution in [0.3, 0.4) is 0 Å². The van der Waals surface area contributed by atoms with Crippen LogP contribution < -0.4 is 10.2 Å². The zero-order valence-electron chi connectivity index (χ0n) is 7.08. The summed E-state index contributed by atoms with van der Waals surface area (Å²) in [5.74, 6) is -0.362. The molecular weight excluding hydrogens is 190 g/mol. The Hall–Kier alpha value is -1.16. The third kappa shape index (κ3) is 2.15. The highest BCUT2D eigenvalue weighted by Gasteiger charge is 2.10. The van der Waals surface area contributed by atoms with Crippen molar-refractivity contribution in [1.82, 2.24) is 0 Å². The number of rotatable bonds is 3. The van der Waals surface area contributed by atoms with E-state index in [1.165, 1.54) is 13.2 Å². The number of carboxylic acid groups (broad SMARTS) is 1. The molecule has 0 aliphatic heterocycles. The Morgan fingerprint density at radius 2 is 2.31 bits per heavy atom. The van der Waals surface area contributed by atoms with Gasteiger partial charge in [-0.05, 0) is 23.7 Å². The molecule has 0 spiro atoms. The maximum Gasteiger partial charge on any atom is 0.335 e. The lowest BCUT2D eigenvalue weighted by Gasteiger charge is -2.04. The van der Waals surface area contributed by atoms with E-state index in [1.807, 2.05) is 0 Å². The first-order valence-electron chi connectivity index (χ1n) is 3.65. The van der Waals surface area contributed by atoms with Crippen molar-refractivity contribution in [3.8, 4) is 5.75 Å². The lowest BCUT2D eigenvalue weighted by Crippen LogP contribution is -2.19. The van der Waals surface area contributed by atoms with Crippen molar-refractivity contribution in [3.05, 3.63) is 23.8 Å². The van der Waals surface area contributed by atoms with Crippen molar-refractivity contribution >= 4 is 29.6 Å². The quantitative estimate of drug-likeness (QED) is 0.724. The van der Waals surface area contributed by atoms with Gasteiger partial charge < -0.3 is 9.84 Å². The zero-order chi connectivity index (χ0) is 9.84. The minimum Gasteiger partial charge on any atom is -0.497 e. The summed E-state index contributed by atoms with van der Waals surface area (Å²) in [6.45, 7) is 0.166. The van der Waals surface area contributed by atoms with Crippen LogP contribution in [0.25, 0.3) is 0 Å². The topological polar surface area (TPSA) is 46.5 Å². The van der Waals surface area contributed by atoms with Gasteiger partial charge in [-0.2, -0.15) is 11.5 Å². The van der Waals surface area contributed by atoms with E-state index in [2.05, 4.69) is 0 Å². The summed E-state index contributed by atoms with van der Waals surface area (Å²) >= 11 is 5.59. The summed E-state index contributed by atoms with van der Waals surface area (Å²) in [5.41, 5.74) is 0.782. The summed E-state index contributed by atoms with van der Waals surface area (Å²) in [4.78, 5) is 10.7. The minimum absolute atomic E-state index is 0.166. The molecular formula is C8H8BClO3. The Labute approximate surface area is 81.4 Å². The maximum absolute atomic E-state index is 10.7. The second-order valence-electron chi connectivity index (χ2n) is 2.46. The summed E-state index contributed by atoms with van der Waals surface area (Å²) in [6.07, 6.45) is 0. The molecule has 0 saturated carbocycles. The number of hydrogen-bond acceptors (Lipinski definition) is 2. The second-order valence-corrected chi connectivity index (χ2v) is 2.73. The fourth-order valence-corrected chi connectivity index (χ4v) is 1.24. The monoisotopic (exact) mass is 198 g/mol.